The lowest BCUT2D eigenvalue weighted by atomic mass is 9.96. The van der Waals surface area contributed by atoms with Gasteiger partial charge in [-0.3, -0.25) is 4.79 Å². The van der Waals surface area contributed by atoms with Crippen molar-refractivity contribution in [3.8, 4) is 11.3 Å². The maximum Gasteiger partial charge on any atom is 0.225 e. The predicted molar refractivity (Wildman–Crippen MR) is 118 cm³/mol. The summed E-state index contributed by atoms with van der Waals surface area (Å²) in [4.78, 5) is 19.3. The van der Waals surface area contributed by atoms with Gasteiger partial charge in [-0.25, -0.2) is 4.98 Å². The summed E-state index contributed by atoms with van der Waals surface area (Å²) >= 11 is 1.27. The molecule has 4 aromatic rings. The third kappa shape index (κ3) is 3.46. The molecule has 0 unspecified atom stereocenters. The zero-order chi connectivity index (χ0) is 19.7. The summed E-state index contributed by atoms with van der Waals surface area (Å²) in [7, 11) is 0. The summed E-state index contributed by atoms with van der Waals surface area (Å²) in [6.07, 6.45) is 0. The third-order valence-corrected chi connectivity index (χ3v) is 5.77. The zero-order valence-corrected chi connectivity index (χ0v) is 17.0. The van der Waals surface area contributed by atoms with E-state index < -0.39 is 0 Å². The number of hydrogen-bond donors (Lipinski definition) is 0. The minimum absolute atomic E-state index is 0.0540. The van der Waals surface area contributed by atoms with Gasteiger partial charge in [0.1, 0.15) is 0 Å². The molecule has 1 heterocycles. The van der Waals surface area contributed by atoms with E-state index in [1.807, 2.05) is 67.6 Å². The van der Waals surface area contributed by atoms with E-state index in [0.29, 0.717) is 0 Å². The fourth-order valence-corrected chi connectivity index (χ4v) is 4.47. The monoisotopic (exact) mass is 383 g/mol. The van der Waals surface area contributed by atoms with Crippen molar-refractivity contribution >= 4 is 27.8 Å². The van der Waals surface area contributed by atoms with E-state index in [1.54, 1.807) is 0 Å². The van der Waals surface area contributed by atoms with Crippen molar-refractivity contribution in [2.75, 3.05) is 0 Å². The van der Waals surface area contributed by atoms with Gasteiger partial charge < -0.3 is 0 Å². The molecule has 3 heteroatoms. The molecule has 0 amide bonds. The quantitative estimate of drug-likeness (QED) is 0.366. The number of rotatable bonds is 3. The molecule has 0 saturated carbocycles. The van der Waals surface area contributed by atoms with E-state index in [1.165, 1.54) is 11.8 Å². The zero-order valence-electron chi connectivity index (χ0n) is 16.2. The Morgan fingerprint density at radius 3 is 2.18 bits per heavy atom. The SMILES string of the molecule is Cc1cc(C)c2nc(-c3ccccc3)c(C)c(C(=O)Sc3ccccc3)c2c1. The molecular formula is C25H21NOS. The largest absolute Gasteiger partial charge is 0.281 e. The first kappa shape index (κ1) is 18.5. The standard InChI is InChI=1S/C25H21NOS/c1-16-14-17(2)23-21(15-16)22(25(27)28-20-12-8-5-9-13-20)18(3)24(26-23)19-10-6-4-7-11-19/h4-15H,1-3H3. The molecule has 0 spiro atoms. The summed E-state index contributed by atoms with van der Waals surface area (Å²) < 4.78 is 0. The molecular weight excluding hydrogens is 362 g/mol. The van der Waals surface area contributed by atoms with E-state index in [2.05, 4.69) is 26.0 Å². The van der Waals surface area contributed by atoms with Crippen molar-refractivity contribution in [2.45, 2.75) is 25.7 Å². The van der Waals surface area contributed by atoms with Gasteiger partial charge >= 0.3 is 0 Å². The highest BCUT2D eigenvalue weighted by molar-refractivity contribution is 8.14. The average Bonchev–Trinajstić information content (AvgIpc) is 2.69. The van der Waals surface area contributed by atoms with Gasteiger partial charge in [0.15, 0.2) is 0 Å². The van der Waals surface area contributed by atoms with E-state index >= 15 is 0 Å². The van der Waals surface area contributed by atoms with Gasteiger partial charge in [0.25, 0.3) is 0 Å². The Morgan fingerprint density at radius 2 is 1.50 bits per heavy atom. The molecule has 4 rings (SSSR count). The summed E-state index contributed by atoms with van der Waals surface area (Å²) in [5.74, 6) is 0. The molecule has 0 bridgehead atoms. The Bertz CT molecular complexity index is 1170. The molecule has 0 aliphatic heterocycles. The van der Waals surface area contributed by atoms with Crippen LogP contribution in [0.5, 0.6) is 0 Å². The highest BCUT2D eigenvalue weighted by Gasteiger charge is 2.21. The van der Waals surface area contributed by atoms with Gasteiger partial charge in [-0.1, -0.05) is 60.2 Å². The molecule has 0 fully saturated rings. The summed E-state index contributed by atoms with van der Waals surface area (Å²) in [6, 6.07) is 24.1. The van der Waals surface area contributed by atoms with Gasteiger partial charge in [0.2, 0.25) is 5.12 Å². The minimum Gasteiger partial charge on any atom is -0.281 e. The first-order valence-corrected chi connectivity index (χ1v) is 10.1. The summed E-state index contributed by atoms with van der Waals surface area (Å²) in [5, 5.41) is 0.987. The van der Waals surface area contributed by atoms with Crippen LogP contribution in [0.25, 0.3) is 22.2 Å². The van der Waals surface area contributed by atoms with Crippen molar-refractivity contribution in [3.63, 3.8) is 0 Å². The smallest absolute Gasteiger partial charge is 0.225 e. The van der Waals surface area contributed by atoms with Crippen LogP contribution in [0, 0.1) is 20.8 Å². The van der Waals surface area contributed by atoms with Crippen molar-refractivity contribution in [3.05, 3.63) is 95.1 Å². The Kier molecular flexibility index (Phi) is 5.01. The van der Waals surface area contributed by atoms with Gasteiger partial charge in [0, 0.05) is 21.4 Å². The topological polar surface area (TPSA) is 30.0 Å². The number of thioether (sulfide) groups is 1. The molecule has 28 heavy (non-hydrogen) atoms. The fraction of sp³-hybridized carbons (Fsp3) is 0.120. The fourth-order valence-electron chi connectivity index (χ4n) is 3.60. The van der Waals surface area contributed by atoms with Crippen molar-refractivity contribution in [1.82, 2.24) is 4.98 Å². The molecule has 0 saturated heterocycles. The van der Waals surface area contributed by atoms with Gasteiger partial charge in [0.05, 0.1) is 11.2 Å². The maximum atomic E-state index is 13.4. The number of carbonyl (C=O) groups is 1. The molecule has 0 aliphatic carbocycles. The number of nitrogens with zero attached hydrogens (tertiary/aromatic N) is 1. The Labute approximate surface area is 169 Å². The number of hydrogen-bond acceptors (Lipinski definition) is 3. The van der Waals surface area contributed by atoms with Gasteiger partial charge in [-0.05, 0) is 61.9 Å². The molecule has 138 valence electrons. The molecule has 0 aliphatic rings. The molecule has 1 aromatic heterocycles. The van der Waals surface area contributed by atoms with Crippen molar-refractivity contribution in [2.24, 2.45) is 0 Å². The molecule has 0 atom stereocenters. The second-order valence-corrected chi connectivity index (χ2v) is 8.05. The van der Waals surface area contributed by atoms with Crippen LogP contribution in [-0.4, -0.2) is 10.1 Å². The third-order valence-electron chi connectivity index (χ3n) is 4.87. The summed E-state index contributed by atoms with van der Waals surface area (Å²) in [5.41, 5.74) is 6.70. The number of carbonyl (C=O) groups excluding carboxylic acids is 1. The van der Waals surface area contributed by atoms with Crippen LogP contribution in [0.2, 0.25) is 0 Å². The average molecular weight is 384 g/mol. The Morgan fingerprint density at radius 1 is 0.857 bits per heavy atom. The number of pyridine rings is 1. The number of aryl methyl sites for hydroxylation is 2. The maximum absolute atomic E-state index is 13.4. The van der Waals surface area contributed by atoms with Crippen LogP contribution >= 0.6 is 11.8 Å². The van der Waals surface area contributed by atoms with E-state index in [-0.39, 0.29) is 5.12 Å². The highest BCUT2D eigenvalue weighted by Crippen LogP contribution is 2.35. The number of benzene rings is 3. The van der Waals surface area contributed by atoms with Crippen LogP contribution in [0.15, 0.2) is 77.7 Å². The lowest BCUT2D eigenvalue weighted by molar-refractivity contribution is 0.109. The van der Waals surface area contributed by atoms with Gasteiger partial charge in [-0.15, -0.1) is 0 Å². The Hall–Kier alpha value is -2.91. The molecule has 3 aromatic carbocycles. The first-order valence-electron chi connectivity index (χ1n) is 9.29. The minimum atomic E-state index is 0.0540. The van der Waals surface area contributed by atoms with E-state index in [4.69, 9.17) is 4.98 Å². The normalized spacial score (nSPS) is 11.0. The number of fused-ring (bicyclic) bond motifs is 1. The first-order chi connectivity index (χ1) is 13.5. The summed E-state index contributed by atoms with van der Waals surface area (Å²) in [6.45, 7) is 6.13. The predicted octanol–water partition coefficient (Wildman–Crippen LogP) is 6.76. The van der Waals surface area contributed by atoms with Crippen LogP contribution in [0.1, 0.15) is 27.0 Å². The van der Waals surface area contributed by atoms with E-state index in [0.717, 1.165) is 49.3 Å². The van der Waals surface area contributed by atoms with Crippen molar-refractivity contribution in [1.29, 1.82) is 0 Å². The molecule has 0 radical (unpaired) electrons. The second-order valence-electron chi connectivity index (χ2n) is 7.01. The highest BCUT2D eigenvalue weighted by atomic mass is 32.2. The van der Waals surface area contributed by atoms with E-state index in [9.17, 15) is 4.79 Å². The van der Waals surface area contributed by atoms with Crippen LogP contribution in [0.3, 0.4) is 0 Å². The van der Waals surface area contributed by atoms with Gasteiger partial charge in [-0.2, -0.15) is 0 Å². The second kappa shape index (κ2) is 7.61. The lowest BCUT2D eigenvalue weighted by Crippen LogP contribution is -2.04. The van der Waals surface area contributed by atoms with Crippen molar-refractivity contribution < 1.29 is 4.79 Å². The Balaban J connectivity index is 1.97. The van der Waals surface area contributed by atoms with Crippen LogP contribution in [0.4, 0.5) is 0 Å². The number of aromatic nitrogens is 1. The molecule has 2 nitrogen and oxygen atoms in total. The van der Waals surface area contributed by atoms with Crippen LogP contribution < -0.4 is 0 Å². The van der Waals surface area contributed by atoms with Crippen LogP contribution in [-0.2, 0) is 0 Å². The molecule has 0 N–H and O–H groups in total. The lowest BCUT2D eigenvalue weighted by Gasteiger charge is -2.16.